The normalized spacial score (nSPS) is 10.5. The van der Waals surface area contributed by atoms with E-state index in [0.29, 0.717) is 31.9 Å². The predicted octanol–water partition coefficient (Wildman–Crippen LogP) is 2.53. The molecule has 22 heavy (non-hydrogen) atoms. The number of hydrogen-bond acceptors (Lipinski definition) is 4. The van der Waals surface area contributed by atoms with Crippen molar-refractivity contribution in [1.82, 2.24) is 4.90 Å². The monoisotopic (exact) mass is 371 g/mol. The van der Waals surface area contributed by atoms with Crippen LogP contribution in [-0.2, 0) is 14.3 Å². The molecule has 0 spiro atoms. The van der Waals surface area contributed by atoms with Gasteiger partial charge in [-0.1, -0.05) is 28.1 Å². The summed E-state index contributed by atoms with van der Waals surface area (Å²) in [6.07, 6.45) is 0.402. The van der Waals surface area contributed by atoms with E-state index in [4.69, 9.17) is 9.47 Å². The molecule has 1 rings (SSSR count). The molecule has 5 nitrogen and oxygen atoms in total. The van der Waals surface area contributed by atoms with E-state index in [1.807, 2.05) is 12.1 Å². The predicted molar refractivity (Wildman–Crippen MR) is 88.0 cm³/mol. The lowest BCUT2D eigenvalue weighted by Gasteiger charge is -2.21. The maximum Gasteiger partial charge on any atom is 0.223 e. The molecule has 0 fully saturated rings. The highest BCUT2D eigenvalue weighted by atomic mass is 79.9. The molecule has 1 amide bonds. The van der Waals surface area contributed by atoms with Crippen molar-refractivity contribution in [3.8, 4) is 0 Å². The quantitative estimate of drug-likeness (QED) is 0.593. The van der Waals surface area contributed by atoms with Crippen LogP contribution in [0.15, 0.2) is 28.7 Å². The molecule has 0 N–H and O–H groups in total. The molecule has 0 atom stereocenters. The summed E-state index contributed by atoms with van der Waals surface area (Å²) in [6, 6.07) is 7.14. The number of benzene rings is 1. The van der Waals surface area contributed by atoms with Gasteiger partial charge in [-0.05, 0) is 12.1 Å². The van der Waals surface area contributed by atoms with Gasteiger partial charge in [-0.25, -0.2) is 0 Å². The Morgan fingerprint density at radius 2 is 1.55 bits per heavy atom. The molecule has 122 valence electrons. The summed E-state index contributed by atoms with van der Waals surface area (Å²) in [6.45, 7) is 1.95. The lowest BCUT2D eigenvalue weighted by Crippen LogP contribution is -2.36. The highest BCUT2D eigenvalue weighted by Crippen LogP contribution is 2.13. The number of rotatable bonds is 10. The van der Waals surface area contributed by atoms with Gasteiger partial charge in [0.05, 0.1) is 13.2 Å². The van der Waals surface area contributed by atoms with Crippen molar-refractivity contribution in [1.29, 1.82) is 0 Å². The summed E-state index contributed by atoms with van der Waals surface area (Å²) in [5, 5.41) is 0. The summed E-state index contributed by atoms with van der Waals surface area (Å²) in [4.78, 5) is 25.9. The van der Waals surface area contributed by atoms with Crippen molar-refractivity contribution in [2.24, 2.45) is 0 Å². The highest BCUT2D eigenvalue weighted by molar-refractivity contribution is 9.10. The Morgan fingerprint density at radius 3 is 2.05 bits per heavy atom. The van der Waals surface area contributed by atoms with Crippen LogP contribution in [0.1, 0.15) is 23.2 Å². The summed E-state index contributed by atoms with van der Waals surface area (Å²) < 4.78 is 10.9. The zero-order valence-corrected chi connectivity index (χ0v) is 14.6. The van der Waals surface area contributed by atoms with Gasteiger partial charge in [0.15, 0.2) is 5.78 Å². The Hall–Kier alpha value is -1.24. The Kier molecular flexibility index (Phi) is 8.96. The Morgan fingerprint density at radius 1 is 1.00 bits per heavy atom. The first-order valence-corrected chi connectivity index (χ1v) is 7.92. The Labute approximate surface area is 139 Å². The average molecular weight is 372 g/mol. The van der Waals surface area contributed by atoms with Crippen LogP contribution in [-0.4, -0.2) is 57.1 Å². The van der Waals surface area contributed by atoms with Crippen LogP contribution in [0.2, 0.25) is 0 Å². The number of carbonyl (C=O) groups is 2. The molecule has 0 saturated carbocycles. The Bertz CT molecular complexity index is 468. The molecule has 0 heterocycles. The van der Waals surface area contributed by atoms with Crippen molar-refractivity contribution < 1.29 is 19.1 Å². The zero-order valence-electron chi connectivity index (χ0n) is 13.0. The maximum absolute atomic E-state index is 12.2. The number of halogens is 1. The lowest BCUT2D eigenvalue weighted by molar-refractivity contribution is -0.132. The van der Waals surface area contributed by atoms with Crippen LogP contribution in [0, 0.1) is 0 Å². The van der Waals surface area contributed by atoms with Crippen molar-refractivity contribution in [2.45, 2.75) is 12.8 Å². The number of hydrogen-bond donors (Lipinski definition) is 0. The number of carbonyl (C=O) groups excluding carboxylic acids is 2. The summed E-state index contributed by atoms with van der Waals surface area (Å²) >= 11 is 3.33. The third kappa shape index (κ3) is 6.68. The lowest BCUT2D eigenvalue weighted by atomic mass is 10.1. The van der Waals surface area contributed by atoms with Crippen LogP contribution in [0.3, 0.4) is 0 Å². The molecule has 0 radical (unpaired) electrons. The molecule has 0 aliphatic heterocycles. The molecule has 0 aliphatic carbocycles. The van der Waals surface area contributed by atoms with Crippen molar-refractivity contribution in [3.05, 3.63) is 34.3 Å². The number of nitrogens with zero attached hydrogens (tertiary/aromatic N) is 1. The van der Waals surface area contributed by atoms with Gasteiger partial charge in [-0.2, -0.15) is 0 Å². The van der Waals surface area contributed by atoms with Gasteiger partial charge in [0.2, 0.25) is 5.91 Å². The summed E-state index contributed by atoms with van der Waals surface area (Å²) in [5.41, 5.74) is 0.622. The second-order valence-corrected chi connectivity index (χ2v) is 5.71. The van der Waals surface area contributed by atoms with Crippen molar-refractivity contribution in [2.75, 3.05) is 40.5 Å². The number of amides is 1. The smallest absolute Gasteiger partial charge is 0.223 e. The molecule has 0 saturated heterocycles. The third-order valence-corrected chi connectivity index (χ3v) is 3.74. The van der Waals surface area contributed by atoms with Crippen molar-refractivity contribution >= 4 is 27.6 Å². The van der Waals surface area contributed by atoms with E-state index in [1.54, 1.807) is 31.3 Å². The number of methoxy groups -OCH3 is 2. The number of Topliss-reactive ketones (excluding diaryl/α,β-unsaturated/α-hetero) is 1. The highest BCUT2D eigenvalue weighted by Gasteiger charge is 2.15. The van der Waals surface area contributed by atoms with Gasteiger partial charge in [0.25, 0.3) is 0 Å². The average Bonchev–Trinajstić information content (AvgIpc) is 2.53. The Balaban J connectivity index is 2.50. The summed E-state index contributed by atoms with van der Waals surface area (Å²) in [7, 11) is 3.19. The number of ether oxygens (including phenoxy) is 2. The van der Waals surface area contributed by atoms with Gasteiger partial charge in [0, 0.05) is 50.2 Å². The number of ketones is 1. The van der Waals surface area contributed by atoms with E-state index in [9.17, 15) is 9.59 Å². The standard InChI is InChI=1S/C16H22BrNO4/c1-21-11-9-18(10-12-22-2)16(20)8-7-15(19)13-3-5-14(17)6-4-13/h3-6H,7-12H2,1-2H3. The van der Waals surface area contributed by atoms with E-state index in [2.05, 4.69) is 15.9 Å². The largest absolute Gasteiger partial charge is 0.383 e. The van der Waals surface area contributed by atoms with E-state index >= 15 is 0 Å². The minimum atomic E-state index is -0.0560. The van der Waals surface area contributed by atoms with Gasteiger partial charge >= 0.3 is 0 Å². The van der Waals surface area contributed by atoms with Gasteiger partial charge in [0.1, 0.15) is 0 Å². The minimum absolute atomic E-state index is 0.0284. The first-order valence-electron chi connectivity index (χ1n) is 7.13. The first kappa shape index (κ1) is 18.8. The topological polar surface area (TPSA) is 55.8 Å². The molecule has 1 aromatic rings. The van der Waals surface area contributed by atoms with Crippen molar-refractivity contribution in [3.63, 3.8) is 0 Å². The molecule has 1 aromatic carbocycles. The molecular formula is C16H22BrNO4. The summed E-state index contributed by atoms with van der Waals surface area (Å²) in [5.74, 6) is -0.0844. The molecule has 0 bridgehead atoms. The van der Waals surface area contributed by atoms with Crippen LogP contribution < -0.4 is 0 Å². The van der Waals surface area contributed by atoms with E-state index in [-0.39, 0.29) is 24.5 Å². The van der Waals surface area contributed by atoms with Gasteiger partial charge < -0.3 is 14.4 Å². The van der Waals surface area contributed by atoms with Crippen LogP contribution in [0.25, 0.3) is 0 Å². The van der Waals surface area contributed by atoms with Gasteiger partial charge in [-0.15, -0.1) is 0 Å². The molecule has 0 aromatic heterocycles. The van der Waals surface area contributed by atoms with Crippen LogP contribution >= 0.6 is 15.9 Å². The third-order valence-electron chi connectivity index (χ3n) is 3.22. The van der Waals surface area contributed by atoms with Crippen LogP contribution in [0.5, 0.6) is 0 Å². The van der Waals surface area contributed by atoms with E-state index in [0.717, 1.165) is 4.47 Å². The SMILES string of the molecule is COCCN(CCOC)C(=O)CCC(=O)c1ccc(Br)cc1. The fraction of sp³-hybridized carbons (Fsp3) is 0.500. The van der Waals surface area contributed by atoms with E-state index < -0.39 is 0 Å². The first-order chi connectivity index (χ1) is 10.6. The molecule has 6 heteroatoms. The molecule has 0 unspecified atom stereocenters. The second-order valence-electron chi connectivity index (χ2n) is 4.80. The second kappa shape index (κ2) is 10.5. The molecular weight excluding hydrogens is 350 g/mol. The molecule has 0 aliphatic rings. The fourth-order valence-corrected chi connectivity index (χ4v) is 2.19. The van der Waals surface area contributed by atoms with E-state index in [1.165, 1.54) is 0 Å². The van der Waals surface area contributed by atoms with Gasteiger partial charge in [-0.3, -0.25) is 9.59 Å². The maximum atomic E-state index is 12.2. The minimum Gasteiger partial charge on any atom is -0.383 e. The van der Waals surface area contributed by atoms with Crippen LogP contribution in [0.4, 0.5) is 0 Å². The zero-order chi connectivity index (χ0) is 16.4. The fourth-order valence-electron chi connectivity index (χ4n) is 1.92.